The standard InChI is InChI=1S/C66H45N/c1-65(2)57-26-11-10-24-55(57)63-62(41-46-17-4-6-20-51(46)64(63)65)67(48-37-32-44(33-38-48)50-25-15-18-43-16-3-5-19-49(43)50)47-35-30-42(31-36-47)45-34-39-61-56(40-45)54-23-9-14-29-60(54)66(61)58-27-12-7-21-52(58)53-22-8-13-28-59(53)66/h3-41H,1-2H3. The summed E-state index contributed by atoms with van der Waals surface area (Å²) in [6.45, 7) is 4.79. The van der Waals surface area contributed by atoms with E-state index in [9.17, 15) is 0 Å². The molecule has 314 valence electrons. The molecule has 0 atom stereocenters. The third-order valence-corrected chi connectivity index (χ3v) is 15.4. The van der Waals surface area contributed by atoms with Gasteiger partial charge in [0.05, 0.1) is 11.1 Å². The topological polar surface area (TPSA) is 3.24 Å². The predicted octanol–water partition coefficient (Wildman–Crippen LogP) is 17.4. The van der Waals surface area contributed by atoms with Crippen molar-refractivity contribution in [2.24, 2.45) is 0 Å². The summed E-state index contributed by atoms with van der Waals surface area (Å²) in [5.74, 6) is 0. The van der Waals surface area contributed by atoms with Crippen LogP contribution in [-0.2, 0) is 10.8 Å². The predicted molar refractivity (Wildman–Crippen MR) is 281 cm³/mol. The highest BCUT2D eigenvalue weighted by Gasteiger charge is 2.51. The van der Waals surface area contributed by atoms with Crippen LogP contribution in [0.3, 0.4) is 0 Å². The number of anilines is 3. The summed E-state index contributed by atoms with van der Waals surface area (Å²) >= 11 is 0. The monoisotopic (exact) mass is 851 g/mol. The Hall–Kier alpha value is -8.26. The first-order valence-corrected chi connectivity index (χ1v) is 23.6. The van der Waals surface area contributed by atoms with Crippen molar-refractivity contribution in [3.63, 3.8) is 0 Å². The highest BCUT2D eigenvalue weighted by atomic mass is 15.1. The molecule has 0 unspecified atom stereocenters. The third-order valence-electron chi connectivity index (χ3n) is 15.4. The van der Waals surface area contributed by atoms with Crippen molar-refractivity contribution in [2.75, 3.05) is 4.90 Å². The minimum Gasteiger partial charge on any atom is -0.310 e. The Bertz CT molecular complexity index is 3780. The molecule has 3 aliphatic carbocycles. The molecule has 0 fully saturated rings. The van der Waals surface area contributed by atoms with Crippen molar-refractivity contribution in [1.82, 2.24) is 0 Å². The van der Waals surface area contributed by atoms with Crippen LogP contribution in [0.1, 0.15) is 47.2 Å². The first kappa shape index (κ1) is 38.1. The molecule has 0 saturated carbocycles. The van der Waals surface area contributed by atoms with Gasteiger partial charge in [-0.1, -0.05) is 214 Å². The lowest BCUT2D eigenvalue weighted by Gasteiger charge is -2.30. The molecule has 67 heavy (non-hydrogen) atoms. The van der Waals surface area contributed by atoms with E-state index in [1.807, 2.05) is 0 Å². The Morgan fingerprint density at radius 2 is 0.776 bits per heavy atom. The van der Waals surface area contributed by atoms with Crippen molar-refractivity contribution in [2.45, 2.75) is 24.7 Å². The van der Waals surface area contributed by atoms with E-state index >= 15 is 0 Å². The van der Waals surface area contributed by atoms with Crippen LogP contribution in [0.5, 0.6) is 0 Å². The molecule has 0 amide bonds. The van der Waals surface area contributed by atoms with Gasteiger partial charge in [-0.25, -0.2) is 0 Å². The smallest absolute Gasteiger partial charge is 0.0725 e. The van der Waals surface area contributed by atoms with E-state index in [1.54, 1.807) is 0 Å². The van der Waals surface area contributed by atoms with Crippen LogP contribution in [0, 0.1) is 0 Å². The number of benzene rings is 11. The van der Waals surface area contributed by atoms with E-state index in [0.717, 1.165) is 11.4 Å². The number of fused-ring (bicyclic) bond motifs is 16. The van der Waals surface area contributed by atoms with E-state index in [4.69, 9.17) is 0 Å². The van der Waals surface area contributed by atoms with Gasteiger partial charge in [-0.05, 0) is 141 Å². The maximum atomic E-state index is 2.50. The highest BCUT2D eigenvalue weighted by Crippen LogP contribution is 2.63. The maximum Gasteiger partial charge on any atom is 0.0725 e. The van der Waals surface area contributed by atoms with Gasteiger partial charge < -0.3 is 4.90 Å². The van der Waals surface area contributed by atoms with Gasteiger partial charge in [0.2, 0.25) is 0 Å². The van der Waals surface area contributed by atoms with Crippen LogP contribution in [0.15, 0.2) is 237 Å². The van der Waals surface area contributed by atoms with Crippen LogP contribution < -0.4 is 4.90 Å². The first-order valence-electron chi connectivity index (χ1n) is 23.6. The van der Waals surface area contributed by atoms with Gasteiger partial charge in [0.25, 0.3) is 0 Å². The average molecular weight is 852 g/mol. The molecular weight excluding hydrogens is 807 g/mol. The quantitative estimate of drug-likeness (QED) is 0.167. The largest absolute Gasteiger partial charge is 0.310 e. The van der Waals surface area contributed by atoms with Gasteiger partial charge in [0.15, 0.2) is 0 Å². The van der Waals surface area contributed by atoms with Gasteiger partial charge in [-0.3, -0.25) is 0 Å². The summed E-state index contributed by atoms with van der Waals surface area (Å²) in [4.78, 5) is 2.50. The van der Waals surface area contributed by atoms with E-state index < -0.39 is 0 Å². The second kappa shape index (κ2) is 14.1. The molecule has 11 aromatic carbocycles. The van der Waals surface area contributed by atoms with Gasteiger partial charge in [0.1, 0.15) is 0 Å². The Kier molecular flexibility index (Phi) is 8.02. The molecule has 0 aliphatic heterocycles. The summed E-state index contributed by atoms with van der Waals surface area (Å²) in [6, 6.07) is 88.6. The van der Waals surface area contributed by atoms with Gasteiger partial charge in [0, 0.05) is 22.4 Å². The number of rotatable bonds is 5. The molecule has 0 N–H and O–H groups in total. The van der Waals surface area contributed by atoms with Crippen LogP contribution in [0.25, 0.3) is 77.2 Å². The Balaban J connectivity index is 0.935. The normalized spacial score (nSPS) is 14.1. The lowest BCUT2D eigenvalue weighted by molar-refractivity contribution is 0.666. The molecule has 0 saturated heterocycles. The molecule has 14 rings (SSSR count). The van der Waals surface area contributed by atoms with Crippen LogP contribution in [-0.4, -0.2) is 0 Å². The fraction of sp³-hybridized carbons (Fsp3) is 0.0606. The summed E-state index contributed by atoms with van der Waals surface area (Å²) in [5.41, 5.74) is 23.9. The zero-order valence-corrected chi connectivity index (χ0v) is 37.5. The Morgan fingerprint density at radius 3 is 1.43 bits per heavy atom. The number of hydrogen-bond acceptors (Lipinski definition) is 1. The minimum atomic E-state index is -0.349. The van der Waals surface area contributed by atoms with Crippen molar-refractivity contribution in [3.8, 4) is 55.6 Å². The molecule has 0 aromatic heterocycles. The minimum absolute atomic E-state index is 0.178. The van der Waals surface area contributed by atoms with Crippen molar-refractivity contribution in [3.05, 3.63) is 270 Å². The molecule has 0 radical (unpaired) electrons. The fourth-order valence-corrected chi connectivity index (χ4v) is 12.6. The van der Waals surface area contributed by atoms with Gasteiger partial charge in [-0.2, -0.15) is 0 Å². The summed E-state index contributed by atoms with van der Waals surface area (Å²) in [7, 11) is 0. The zero-order valence-electron chi connectivity index (χ0n) is 37.5. The molecule has 1 heteroatoms. The molecular formula is C66H45N. The van der Waals surface area contributed by atoms with Crippen LogP contribution in [0.4, 0.5) is 17.1 Å². The molecule has 1 spiro atoms. The molecule has 0 heterocycles. The van der Waals surface area contributed by atoms with Crippen molar-refractivity contribution in [1.29, 1.82) is 0 Å². The molecule has 0 bridgehead atoms. The van der Waals surface area contributed by atoms with Gasteiger partial charge in [-0.15, -0.1) is 0 Å². The Labute approximate surface area is 391 Å². The van der Waals surface area contributed by atoms with Crippen LogP contribution >= 0.6 is 0 Å². The lowest BCUT2D eigenvalue weighted by Crippen LogP contribution is -2.25. The third kappa shape index (κ3) is 5.26. The van der Waals surface area contributed by atoms with E-state index in [2.05, 4.69) is 255 Å². The van der Waals surface area contributed by atoms with E-state index in [1.165, 1.54) is 116 Å². The summed E-state index contributed by atoms with van der Waals surface area (Å²) < 4.78 is 0. The SMILES string of the molecule is CC1(C)c2ccccc2-c2c(N(c3ccc(-c4ccc5c(c4)-c4ccccc4C54c5ccccc5-c5ccccc54)cc3)c3ccc(-c4cccc5ccccc45)cc3)cc3ccccc3c21. The second-order valence-electron chi connectivity index (χ2n) is 19.1. The fourth-order valence-electron chi connectivity index (χ4n) is 12.6. The lowest BCUT2D eigenvalue weighted by atomic mass is 9.70. The average Bonchev–Trinajstić information content (AvgIpc) is 3.95. The molecule has 1 nitrogen and oxygen atoms in total. The number of nitrogens with zero attached hydrogens (tertiary/aromatic N) is 1. The number of hydrogen-bond donors (Lipinski definition) is 0. The molecule has 3 aliphatic rings. The summed E-state index contributed by atoms with van der Waals surface area (Å²) in [6.07, 6.45) is 0. The molecule has 11 aromatic rings. The zero-order chi connectivity index (χ0) is 44.4. The maximum absolute atomic E-state index is 2.50. The second-order valence-corrected chi connectivity index (χ2v) is 19.1. The first-order chi connectivity index (χ1) is 33.0. The van der Waals surface area contributed by atoms with Crippen molar-refractivity contribution < 1.29 is 0 Å². The highest BCUT2D eigenvalue weighted by molar-refractivity contribution is 6.06. The Morgan fingerprint density at radius 1 is 0.313 bits per heavy atom. The van der Waals surface area contributed by atoms with E-state index in [0.29, 0.717) is 0 Å². The van der Waals surface area contributed by atoms with E-state index in [-0.39, 0.29) is 10.8 Å². The van der Waals surface area contributed by atoms with Crippen LogP contribution in [0.2, 0.25) is 0 Å². The summed E-state index contributed by atoms with van der Waals surface area (Å²) in [5, 5.41) is 5.07. The van der Waals surface area contributed by atoms with Crippen molar-refractivity contribution >= 4 is 38.6 Å². The van der Waals surface area contributed by atoms with Gasteiger partial charge >= 0.3 is 0 Å².